The van der Waals surface area contributed by atoms with E-state index in [0.717, 1.165) is 15.8 Å². The van der Waals surface area contributed by atoms with E-state index in [1.54, 1.807) is 18.5 Å². The van der Waals surface area contributed by atoms with Gasteiger partial charge in [-0.1, -0.05) is 23.8 Å². The lowest BCUT2D eigenvalue weighted by molar-refractivity contribution is 0.203. The average molecular weight is 379 g/mol. The molecule has 4 N–H and O–H groups in total. The van der Waals surface area contributed by atoms with E-state index in [2.05, 4.69) is 20.0 Å². The molecule has 0 aliphatic carbocycles. The van der Waals surface area contributed by atoms with Crippen LogP contribution in [0.4, 0.5) is 10.5 Å². The van der Waals surface area contributed by atoms with E-state index in [9.17, 15) is 9.90 Å². The van der Waals surface area contributed by atoms with Gasteiger partial charge in [-0.2, -0.15) is 0 Å². The van der Waals surface area contributed by atoms with Crippen molar-refractivity contribution in [2.24, 2.45) is 15.7 Å². The highest BCUT2D eigenvalue weighted by Crippen LogP contribution is 2.29. The maximum absolute atomic E-state index is 11.2. The molecule has 0 bridgehead atoms. The van der Waals surface area contributed by atoms with Gasteiger partial charge in [0, 0.05) is 18.6 Å². The summed E-state index contributed by atoms with van der Waals surface area (Å²) in [5.41, 5.74) is 7.78. The van der Waals surface area contributed by atoms with Gasteiger partial charge in [-0.25, -0.2) is 14.8 Å². The first-order valence-corrected chi connectivity index (χ1v) is 8.13. The Morgan fingerprint density at radius 2 is 2.28 bits per heavy atom. The predicted octanol–water partition coefficient (Wildman–Crippen LogP) is 2.48. The number of halogens is 1. The fourth-order valence-corrected chi connectivity index (χ4v) is 2.78. The summed E-state index contributed by atoms with van der Waals surface area (Å²) in [6.45, 7) is 1.87. The van der Waals surface area contributed by atoms with Crippen LogP contribution in [0, 0.1) is 0 Å². The molecular formula is C15H15ClN6O2S. The number of fused-ring (bicyclic) bond motifs is 1. The van der Waals surface area contributed by atoms with Crippen LogP contribution in [0.5, 0.6) is 0 Å². The van der Waals surface area contributed by atoms with Gasteiger partial charge in [0.2, 0.25) is 0 Å². The first kappa shape index (κ1) is 17.5. The molecule has 25 heavy (non-hydrogen) atoms. The fourth-order valence-electron chi connectivity index (χ4n) is 2.49. The van der Waals surface area contributed by atoms with Gasteiger partial charge in [-0.3, -0.25) is 9.88 Å². The van der Waals surface area contributed by atoms with Crippen molar-refractivity contribution in [3.8, 4) is 0 Å². The number of carboxylic acid groups (broad SMARTS) is 1. The second kappa shape index (κ2) is 6.51. The molecule has 2 aromatic heterocycles. The van der Waals surface area contributed by atoms with Gasteiger partial charge >= 0.3 is 6.09 Å². The van der Waals surface area contributed by atoms with Crippen LogP contribution in [-0.4, -0.2) is 50.3 Å². The number of aliphatic imine (C=N–C) groups is 2. The van der Waals surface area contributed by atoms with Crippen molar-refractivity contribution in [2.45, 2.75) is 19.0 Å². The molecule has 0 radical (unpaired) electrons. The highest BCUT2D eigenvalue weighted by atomic mass is 35.5. The minimum absolute atomic E-state index is 0.161. The number of aromatic amines is 1. The van der Waals surface area contributed by atoms with E-state index in [1.165, 1.54) is 7.05 Å². The molecule has 1 aliphatic rings. The summed E-state index contributed by atoms with van der Waals surface area (Å²) in [5.74, 6) is 0.145. The molecule has 8 nitrogen and oxygen atoms in total. The number of H-pyrrole nitrogens is 1. The lowest BCUT2D eigenvalue weighted by Gasteiger charge is -2.19. The Kier molecular flexibility index (Phi) is 4.55. The minimum Gasteiger partial charge on any atom is -0.465 e. The largest absolute Gasteiger partial charge is 0.465 e. The molecule has 2 aromatic rings. The smallest absolute Gasteiger partial charge is 0.411 e. The first-order valence-electron chi connectivity index (χ1n) is 7.35. The average Bonchev–Trinajstić information content (AvgIpc) is 3.00. The number of hydrogen-bond acceptors (Lipinski definition) is 6. The van der Waals surface area contributed by atoms with Gasteiger partial charge in [-0.05, 0) is 13.0 Å². The van der Waals surface area contributed by atoms with Crippen LogP contribution in [0.1, 0.15) is 18.5 Å². The molecule has 1 aliphatic heterocycles. The van der Waals surface area contributed by atoms with Gasteiger partial charge in [0.1, 0.15) is 17.2 Å². The third-order valence-electron chi connectivity index (χ3n) is 4.00. The number of nitrogens with two attached hydrogens (primary N) is 1. The van der Waals surface area contributed by atoms with Gasteiger partial charge in [0.25, 0.3) is 0 Å². The number of amidine groups is 1. The van der Waals surface area contributed by atoms with E-state index < -0.39 is 12.3 Å². The number of rotatable bonds is 3. The van der Waals surface area contributed by atoms with E-state index >= 15 is 0 Å². The third kappa shape index (κ3) is 3.13. The molecule has 0 saturated carbocycles. The molecule has 0 aromatic carbocycles. The maximum atomic E-state index is 11.2. The lowest BCUT2D eigenvalue weighted by atomic mass is 10.0. The van der Waals surface area contributed by atoms with Crippen LogP contribution < -0.4 is 10.6 Å². The van der Waals surface area contributed by atoms with Crippen LogP contribution >= 0.6 is 23.8 Å². The van der Waals surface area contributed by atoms with Crippen molar-refractivity contribution in [3.05, 3.63) is 24.2 Å². The molecule has 130 valence electrons. The summed E-state index contributed by atoms with van der Waals surface area (Å²) < 4.78 is 0. The topological polar surface area (TPSA) is 120 Å². The molecule has 3 heterocycles. The molecule has 10 heteroatoms. The fraction of sp³-hybridized carbons (Fsp3) is 0.267. The van der Waals surface area contributed by atoms with E-state index in [1.807, 2.05) is 6.92 Å². The molecule has 0 fully saturated rings. The van der Waals surface area contributed by atoms with E-state index in [0.29, 0.717) is 22.1 Å². The zero-order valence-electron chi connectivity index (χ0n) is 13.4. The van der Waals surface area contributed by atoms with E-state index in [4.69, 9.17) is 29.6 Å². The Balaban J connectivity index is 2.02. The van der Waals surface area contributed by atoms with Crippen molar-refractivity contribution < 1.29 is 9.90 Å². The summed E-state index contributed by atoms with van der Waals surface area (Å²) in [6, 6.07) is 1.80. The molecule has 1 amide bonds. The SMILES string of the molecule is CC(C1=NC(N)C(=S)C(Cl)=N1)c1cc2c(N(C)C(=O)O)c[nH]c2cn1. The number of anilines is 1. The number of hydrogen-bond donors (Lipinski definition) is 3. The van der Waals surface area contributed by atoms with Crippen LogP contribution in [0.25, 0.3) is 10.9 Å². The second-order valence-electron chi connectivity index (χ2n) is 5.59. The number of thiocarbonyl (C=S) groups is 1. The number of pyridine rings is 1. The molecule has 2 atom stereocenters. The Morgan fingerprint density at radius 3 is 2.92 bits per heavy atom. The summed E-state index contributed by atoms with van der Waals surface area (Å²) in [4.78, 5) is 28.6. The molecular weight excluding hydrogens is 364 g/mol. The van der Waals surface area contributed by atoms with Crippen molar-refractivity contribution in [3.63, 3.8) is 0 Å². The maximum Gasteiger partial charge on any atom is 0.411 e. The van der Waals surface area contributed by atoms with Gasteiger partial charge < -0.3 is 15.8 Å². The molecule has 3 rings (SSSR count). The number of nitrogens with one attached hydrogen (secondary N) is 1. The number of carbonyl (C=O) groups is 1. The van der Waals surface area contributed by atoms with E-state index in [-0.39, 0.29) is 11.1 Å². The highest BCUT2D eigenvalue weighted by molar-refractivity contribution is 7.82. The second-order valence-corrected chi connectivity index (χ2v) is 6.39. The Labute approximate surface area is 153 Å². The number of aromatic nitrogens is 2. The zero-order chi connectivity index (χ0) is 18.3. The first-order chi connectivity index (χ1) is 11.8. The quantitative estimate of drug-likeness (QED) is 0.708. The number of amides is 1. The number of nitrogens with zero attached hydrogens (tertiary/aromatic N) is 4. The summed E-state index contributed by atoms with van der Waals surface area (Å²) in [6.07, 6.45) is 1.50. The summed E-state index contributed by atoms with van der Waals surface area (Å²) in [7, 11) is 1.48. The van der Waals surface area contributed by atoms with Crippen molar-refractivity contribution in [1.82, 2.24) is 9.97 Å². The Bertz CT molecular complexity index is 937. The normalized spacial score (nSPS) is 18.7. The van der Waals surface area contributed by atoms with Gasteiger partial charge in [0.15, 0.2) is 0 Å². The monoisotopic (exact) mass is 378 g/mol. The van der Waals surface area contributed by atoms with Crippen molar-refractivity contribution in [1.29, 1.82) is 0 Å². The Hall–Kier alpha value is -2.36. The highest BCUT2D eigenvalue weighted by Gasteiger charge is 2.25. The molecule has 0 saturated heterocycles. The van der Waals surface area contributed by atoms with Crippen LogP contribution in [0.2, 0.25) is 0 Å². The third-order valence-corrected chi connectivity index (χ3v) is 4.84. The van der Waals surface area contributed by atoms with Crippen LogP contribution in [-0.2, 0) is 0 Å². The van der Waals surface area contributed by atoms with Gasteiger partial charge in [0.05, 0.1) is 33.9 Å². The van der Waals surface area contributed by atoms with Crippen molar-refractivity contribution in [2.75, 3.05) is 11.9 Å². The van der Waals surface area contributed by atoms with Crippen molar-refractivity contribution >= 4 is 62.4 Å². The molecule has 2 unspecified atom stereocenters. The molecule has 0 spiro atoms. The lowest BCUT2D eigenvalue weighted by Crippen LogP contribution is -2.36. The van der Waals surface area contributed by atoms with Crippen LogP contribution in [0.3, 0.4) is 0 Å². The predicted molar refractivity (Wildman–Crippen MR) is 102 cm³/mol. The summed E-state index contributed by atoms with van der Waals surface area (Å²) in [5, 5.41) is 10.1. The summed E-state index contributed by atoms with van der Waals surface area (Å²) >= 11 is 11.1. The van der Waals surface area contributed by atoms with Gasteiger partial charge in [-0.15, -0.1) is 0 Å². The zero-order valence-corrected chi connectivity index (χ0v) is 15.0. The minimum atomic E-state index is -1.06. The Morgan fingerprint density at radius 1 is 1.56 bits per heavy atom. The standard InChI is InChI=1S/C15H15ClN6O2S/c1-6(14-20-12(16)11(25)13(17)21-14)8-3-7-9(4-18-8)19-5-10(7)22(2)15(23)24/h3-6,13,19H,17H2,1-2H3,(H,23,24). The van der Waals surface area contributed by atoms with Crippen LogP contribution in [0.15, 0.2) is 28.4 Å².